The van der Waals surface area contributed by atoms with Crippen molar-refractivity contribution in [3.8, 4) is 11.1 Å². The van der Waals surface area contributed by atoms with Crippen molar-refractivity contribution < 1.29 is 19.1 Å². The van der Waals surface area contributed by atoms with Gasteiger partial charge in [0.1, 0.15) is 6.04 Å². The summed E-state index contributed by atoms with van der Waals surface area (Å²) < 4.78 is 10.5. The summed E-state index contributed by atoms with van der Waals surface area (Å²) >= 11 is 1.60. The summed E-state index contributed by atoms with van der Waals surface area (Å²) in [5, 5.41) is 4.06. The van der Waals surface area contributed by atoms with Gasteiger partial charge in [0.15, 0.2) is 5.17 Å². The Kier molecular flexibility index (Phi) is 9.66. The predicted molar refractivity (Wildman–Crippen MR) is 163 cm³/mol. The van der Waals surface area contributed by atoms with Crippen LogP contribution < -0.4 is 10.2 Å². The summed E-state index contributed by atoms with van der Waals surface area (Å²) in [6.07, 6.45) is 0. The summed E-state index contributed by atoms with van der Waals surface area (Å²) in [6.45, 7) is 6.08. The van der Waals surface area contributed by atoms with E-state index in [0.29, 0.717) is 17.7 Å². The molecule has 0 spiro atoms. The molecule has 1 aliphatic heterocycles. The molecule has 1 unspecified atom stereocenters. The molecule has 0 bridgehead atoms. The first-order chi connectivity index (χ1) is 19.3. The van der Waals surface area contributed by atoms with Crippen molar-refractivity contribution >= 4 is 34.6 Å². The number of esters is 2. The molecule has 7 nitrogen and oxygen atoms in total. The second kappa shape index (κ2) is 13.3. The molecule has 0 amide bonds. The Balaban J connectivity index is 1.59. The molecular weight excluding hydrogens is 522 g/mol. The molecule has 1 atom stereocenters. The van der Waals surface area contributed by atoms with Crippen molar-refractivity contribution in [3.05, 3.63) is 101 Å². The van der Waals surface area contributed by atoms with E-state index in [-0.39, 0.29) is 18.5 Å². The van der Waals surface area contributed by atoms with Crippen LogP contribution in [0.25, 0.3) is 11.1 Å². The minimum absolute atomic E-state index is 0.284. The first-order valence-corrected chi connectivity index (χ1v) is 14.3. The number of aliphatic imine (C=N–C) groups is 1. The molecule has 0 saturated carbocycles. The van der Waals surface area contributed by atoms with Crippen LogP contribution in [0.15, 0.2) is 89.1 Å². The van der Waals surface area contributed by atoms with Gasteiger partial charge in [-0.15, -0.1) is 0 Å². The highest BCUT2D eigenvalue weighted by atomic mass is 32.2. The van der Waals surface area contributed by atoms with E-state index >= 15 is 0 Å². The molecule has 4 rings (SSSR count). The number of nitrogens with one attached hydrogen (secondary N) is 1. The van der Waals surface area contributed by atoms with Gasteiger partial charge in [-0.05, 0) is 67.3 Å². The number of amidine groups is 1. The highest BCUT2D eigenvalue weighted by Crippen LogP contribution is 2.35. The maximum Gasteiger partial charge on any atom is 0.338 e. The number of carbonyl (C=O) groups is 2. The zero-order valence-electron chi connectivity index (χ0n) is 23.6. The van der Waals surface area contributed by atoms with Crippen LogP contribution in [0.5, 0.6) is 0 Å². The van der Waals surface area contributed by atoms with Crippen molar-refractivity contribution in [3.63, 3.8) is 0 Å². The summed E-state index contributed by atoms with van der Waals surface area (Å²) in [7, 11) is 4.04. The van der Waals surface area contributed by atoms with E-state index in [1.54, 1.807) is 31.7 Å². The fourth-order valence-electron chi connectivity index (χ4n) is 4.38. The van der Waals surface area contributed by atoms with Crippen molar-refractivity contribution in [2.24, 2.45) is 4.99 Å². The average molecular weight is 558 g/mol. The van der Waals surface area contributed by atoms with Gasteiger partial charge in [0, 0.05) is 31.2 Å². The maximum atomic E-state index is 13.0. The fraction of sp³-hybridized carbons (Fsp3) is 0.281. The van der Waals surface area contributed by atoms with Crippen molar-refractivity contribution in [2.75, 3.05) is 32.2 Å². The monoisotopic (exact) mass is 557 g/mol. The lowest BCUT2D eigenvalue weighted by Gasteiger charge is -2.26. The van der Waals surface area contributed by atoms with Gasteiger partial charge in [0.2, 0.25) is 0 Å². The Bertz CT molecular complexity index is 1410. The summed E-state index contributed by atoms with van der Waals surface area (Å²) in [4.78, 5) is 32.2. The van der Waals surface area contributed by atoms with Crippen LogP contribution in [0, 0.1) is 0 Å². The van der Waals surface area contributed by atoms with Crippen molar-refractivity contribution in [2.45, 2.75) is 32.6 Å². The molecule has 0 saturated heterocycles. The minimum Gasteiger partial charge on any atom is -0.463 e. The van der Waals surface area contributed by atoms with Gasteiger partial charge < -0.3 is 19.7 Å². The van der Waals surface area contributed by atoms with E-state index in [0.717, 1.165) is 39.0 Å². The zero-order valence-corrected chi connectivity index (χ0v) is 24.4. The number of hydrogen-bond acceptors (Lipinski definition) is 8. The second-order valence-electron chi connectivity index (χ2n) is 9.49. The Hall–Kier alpha value is -4.04. The number of allylic oxidation sites excluding steroid dienone is 1. The van der Waals surface area contributed by atoms with E-state index in [1.807, 2.05) is 63.5 Å². The summed E-state index contributed by atoms with van der Waals surface area (Å²) in [6, 6.07) is 23.2. The Morgan fingerprint density at radius 1 is 0.900 bits per heavy atom. The van der Waals surface area contributed by atoms with Crippen LogP contribution in [0.2, 0.25) is 0 Å². The van der Waals surface area contributed by atoms with Crippen LogP contribution in [-0.2, 0) is 20.0 Å². The molecule has 3 aromatic rings. The molecule has 208 valence electrons. The zero-order chi connectivity index (χ0) is 28.6. The smallest absolute Gasteiger partial charge is 0.338 e. The molecule has 0 radical (unpaired) electrons. The third-order valence-corrected chi connectivity index (χ3v) is 7.43. The number of rotatable bonds is 9. The topological polar surface area (TPSA) is 80.2 Å². The molecule has 8 heteroatoms. The van der Waals surface area contributed by atoms with Crippen LogP contribution in [0.1, 0.15) is 48.3 Å². The molecule has 40 heavy (non-hydrogen) atoms. The summed E-state index contributed by atoms with van der Waals surface area (Å²) in [5.74, 6) is 0.0171. The van der Waals surface area contributed by atoms with E-state index in [4.69, 9.17) is 14.5 Å². The minimum atomic E-state index is -0.501. The first kappa shape index (κ1) is 29.0. The first-order valence-electron chi connectivity index (χ1n) is 13.3. The van der Waals surface area contributed by atoms with Crippen LogP contribution in [0.3, 0.4) is 0 Å². The van der Waals surface area contributed by atoms with Gasteiger partial charge in [-0.3, -0.25) is 0 Å². The normalized spacial score (nSPS) is 14.7. The SMILES string of the molecule is CCOC(=O)C1=C(C)NC(SCc2ccc(N(C)C)cc2)=NC1c1ccc(-c2cccc(C(=O)OCC)c2)cc1. The standard InChI is InChI=1S/C32H35N3O4S/c1-6-38-30(36)26-10-8-9-25(19-26)23-13-15-24(16-14-23)29-28(31(37)39-7-2)21(3)33-32(34-29)40-20-22-11-17-27(18-12-22)35(4)5/h8-19,29H,6-7,20H2,1-5H3,(H,33,34). The molecular formula is C32H35N3O4S. The van der Waals surface area contributed by atoms with Crippen molar-refractivity contribution in [1.82, 2.24) is 5.32 Å². The Labute approximate surface area is 240 Å². The third-order valence-electron chi connectivity index (χ3n) is 6.48. The van der Waals surface area contributed by atoms with Crippen LogP contribution >= 0.6 is 11.8 Å². The Morgan fingerprint density at radius 2 is 1.57 bits per heavy atom. The largest absolute Gasteiger partial charge is 0.463 e. The number of ether oxygens (including phenoxy) is 2. The molecule has 0 fully saturated rings. The van der Waals surface area contributed by atoms with Gasteiger partial charge in [-0.1, -0.05) is 60.3 Å². The Morgan fingerprint density at radius 3 is 2.23 bits per heavy atom. The van der Waals surface area contributed by atoms with E-state index < -0.39 is 6.04 Å². The third kappa shape index (κ3) is 6.93. The van der Waals surface area contributed by atoms with E-state index in [9.17, 15) is 9.59 Å². The lowest BCUT2D eigenvalue weighted by molar-refractivity contribution is -0.138. The highest BCUT2D eigenvalue weighted by Gasteiger charge is 2.30. The van der Waals surface area contributed by atoms with Gasteiger partial charge in [-0.2, -0.15) is 0 Å². The number of thioether (sulfide) groups is 1. The number of anilines is 1. The van der Waals surface area contributed by atoms with E-state index in [2.05, 4.69) is 34.5 Å². The predicted octanol–water partition coefficient (Wildman–Crippen LogP) is 6.37. The van der Waals surface area contributed by atoms with Crippen molar-refractivity contribution in [1.29, 1.82) is 0 Å². The number of nitrogens with zero attached hydrogens (tertiary/aromatic N) is 2. The molecule has 3 aromatic carbocycles. The maximum absolute atomic E-state index is 13.0. The lowest BCUT2D eigenvalue weighted by atomic mass is 9.94. The lowest BCUT2D eigenvalue weighted by Crippen LogP contribution is -2.30. The molecule has 0 aliphatic carbocycles. The number of hydrogen-bond donors (Lipinski definition) is 1. The molecule has 1 aliphatic rings. The molecule has 0 aromatic heterocycles. The number of carbonyl (C=O) groups excluding carboxylic acids is 2. The quantitative estimate of drug-likeness (QED) is 0.306. The molecule has 1 N–H and O–H groups in total. The fourth-order valence-corrected chi connectivity index (χ4v) is 5.28. The van der Waals surface area contributed by atoms with Gasteiger partial charge in [-0.25, -0.2) is 14.6 Å². The van der Waals surface area contributed by atoms with E-state index in [1.165, 1.54) is 5.56 Å². The average Bonchev–Trinajstić information content (AvgIpc) is 2.96. The van der Waals surface area contributed by atoms with Gasteiger partial charge in [0.25, 0.3) is 0 Å². The van der Waals surface area contributed by atoms with Gasteiger partial charge >= 0.3 is 11.9 Å². The second-order valence-corrected chi connectivity index (χ2v) is 10.5. The number of benzene rings is 3. The summed E-state index contributed by atoms with van der Waals surface area (Å²) in [5.41, 5.74) is 6.80. The van der Waals surface area contributed by atoms with Crippen LogP contribution in [-0.4, -0.2) is 44.4 Å². The van der Waals surface area contributed by atoms with Gasteiger partial charge in [0.05, 0.1) is 24.4 Å². The highest BCUT2D eigenvalue weighted by molar-refractivity contribution is 8.13. The van der Waals surface area contributed by atoms with Crippen LogP contribution in [0.4, 0.5) is 5.69 Å². The molecule has 1 heterocycles.